The fourth-order valence-electron chi connectivity index (χ4n) is 2.76. The third-order valence-corrected chi connectivity index (χ3v) is 4.49. The van der Waals surface area contributed by atoms with E-state index >= 15 is 0 Å². The number of hydrogen-bond acceptors (Lipinski definition) is 7. The molecule has 0 unspecified atom stereocenters. The fourth-order valence-corrected chi connectivity index (χ4v) is 2.76. The van der Waals surface area contributed by atoms with Crippen LogP contribution in [0.15, 0.2) is 15.0 Å². The molecule has 18 N–H and O–H groups in total. The first-order chi connectivity index (χ1) is 15.9. The van der Waals surface area contributed by atoms with Gasteiger partial charge in [0.2, 0.25) is 17.7 Å². The molecule has 0 heterocycles. The van der Waals surface area contributed by atoms with Crippen molar-refractivity contribution in [1.29, 1.82) is 0 Å². The largest absolute Gasteiger partial charge is 0.370 e. The Hall–Kier alpha value is -3.82. The van der Waals surface area contributed by atoms with Crippen LogP contribution in [-0.4, -0.2) is 73.4 Å². The Bertz CT molecular complexity index is 741. The van der Waals surface area contributed by atoms with E-state index in [9.17, 15) is 14.4 Å². The van der Waals surface area contributed by atoms with Gasteiger partial charge in [0.05, 0.1) is 6.04 Å². The first-order valence-corrected chi connectivity index (χ1v) is 10.8. The zero-order valence-corrected chi connectivity index (χ0v) is 19.3. The Morgan fingerprint density at radius 2 is 0.971 bits per heavy atom. The molecule has 0 aromatic carbocycles. The number of primary amides is 1. The standard InChI is InChI=1S/C18H39N13O3/c19-10(4-1-7-27-16(21)22)14(33)31-12(6-3-9-29-18(25)26)15(34)30-11(13(20)32)5-2-8-28-17(23)24/h10-12H,1-9,19H2,(H2,20,32)(H,30,34)(H,31,33)(H4,21,22,27)(H4,23,24,28)(H4,25,26,29)/t10-,11-,12-/m1/s1. The number of guanidine groups is 3. The SMILES string of the molecule is NC(=O)[C@@H](CCCN=C(N)N)NC(=O)[C@@H](CCCN=C(N)N)NC(=O)[C@H](N)CCCN=C(N)N. The average Bonchev–Trinajstić information content (AvgIpc) is 2.74. The van der Waals surface area contributed by atoms with Crippen LogP contribution in [0.3, 0.4) is 0 Å². The number of aliphatic imine (C=N–C) groups is 3. The second-order valence-corrected chi connectivity index (χ2v) is 7.48. The van der Waals surface area contributed by atoms with Gasteiger partial charge in [-0.25, -0.2) is 0 Å². The minimum absolute atomic E-state index is 0.0576. The summed E-state index contributed by atoms with van der Waals surface area (Å²) in [5, 5.41) is 5.15. The zero-order chi connectivity index (χ0) is 26.1. The van der Waals surface area contributed by atoms with Crippen molar-refractivity contribution in [3.05, 3.63) is 0 Å². The van der Waals surface area contributed by atoms with Gasteiger partial charge >= 0.3 is 0 Å². The van der Waals surface area contributed by atoms with Gasteiger partial charge in [-0.1, -0.05) is 0 Å². The minimum atomic E-state index is -0.995. The molecule has 16 nitrogen and oxygen atoms in total. The van der Waals surface area contributed by atoms with Crippen molar-refractivity contribution < 1.29 is 14.4 Å². The summed E-state index contributed by atoms with van der Waals surface area (Å²) in [6.07, 6.45) is 1.92. The molecule has 0 aromatic heterocycles. The van der Waals surface area contributed by atoms with Crippen LogP contribution in [0.25, 0.3) is 0 Å². The number of hydrogen-bond donors (Lipinski definition) is 10. The Labute approximate surface area is 198 Å². The van der Waals surface area contributed by atoms with Crippen LogP contribution in [-0.2, 0) is 14.4 Å². The van der Waals surface area contributed by atoms with Crippen molar-refractivity contribution >= 4 is 35.6 Å². The number of rotatable bonds is 17. The lowest BCUT2D eigenvalue weighted by Crippen LogP contribution is -2.55. The normalized spacial score (nSPS) is 13.0. The van der Waals surface area contributed by atoms with Crippen LogP contribution >= 0.6 is 0 Å². The number of amides is 3. The van der Waals surface area contributed by atoms with E-state index in [2.05, 4.69) is 25.6 Å². The fraction of sp³-hybridized carbons (Fsp3) is 0.667. The number of nitrogens with zero attached hydrogens (tertiary/aromatic N) is 3. The Balaban J connectivity index is 5.10. The van der Waals surface area contributed by atoms with E-state index in [0.717, 1.165) is 0 Å². The summed E-state index contributed by atoms with van der Waals surface area (Å²) >= 11 is 0. The molecule has 0 aromatic rings. The average molecular weight is 486 g/mol. The Morgan fingerprint density at radius 1 is 0.588 bits per heavy atom. The molecule has 0 bridgehead atoms. The summed E-state index contributed by atoms with van der Waals surface area (Å²) in [4.78, 5) is 48.6. The molecule has 0 fully saturated rings. The maximum atomic E-state index is 12.8. The molecule has 16 heteroatoms. The molecule has 0 radical (unpaired) electrons. The number of nitrogens with two attached hydrogens (primary N) is 8. The van der Waals surface area contributed by atoms with E-state index in [0.29, 0.717) is 32.2 Å². The number of carbonyl (C=O) groups excluding carboxylic acids is 3. The van der Waals surface area contributed by atoms with Crippen LogP contribution in [0, 0.1) is 0 Å². The number of carbonyl (C=O) groups is 3. The Morgan fingerprint density at radius 3 is 1.38 bits per heavy atom. The van der Waals surface area contributed by atoms with Gasteiger partial charge in [-0.2, -0.15) is 0 Å². The lowest BCUT2D eigenvalue weighted by molar-refractivity contribution is -0.132. The molecule has 0 spiro atoms. The smallest absolute Gasteiger partial charge is 0.243 e. The van der Waals surface area contributed by atoms with Gasteiger partial charge in [-0.3, -0.25) is 29.4 Å². The first-order valence-electron chi connectivity index (χ1n) is 10.8. The highest BCUT2D eigenvalue weighted by molar-refractivity contribution is 5.92. The molecule has 0 aliphatic rings. The van der Waals surface area contributed by atoms with Gasteiger partial charge in [0.25, 0.3) is 0 Å². The van der Waals surface area contributed by atoms with Gasteiger partial charge in [0.15, 0.2) is 17.9 Å². The quantitative estimate of drug-likeness (QED) is 0.0530. The highest BCUT2D eigenvalue weighted by Gasteiger charge is 2.26. The van der Waals surface area contributed by atoms with Crippen LogP contribution in [0.1, 0.15) is 38.5 Å². The minimum Gasteiger partial charge on any atom is -0.370 e. The molecule has 0 saturated heterocycles. The third-order valence-electron chi connectivity index (χ3n) is 4.49. The van der Waals surface area contributed by atoms with Gasteiger partial charge < -0.3 is 56.5 Å². The van der Waals surface area contributed by atoms with Crippen LogP contribution in [0.4, 0.5) is 0 Å². The van der Waals surface area contributed by atoms with E-state index < -0.39 is 35.8 Å². The molecule has 34 heavy (non-hydrogen) atoms. The molecule has 3 atom stereocenters. The highest BCUT2D eigenvalue weighted by atomic mass is 16.2. The molecule has 194 valence electrons. The van der Waals surface area contributed by atoms with E-state index in [1.807, 2.05) is 0 Å². The summed E-state index contributed by atoms with van der Waals surface area (Å²) in [6, 6.07) is -2.87. The first kappa shape index (κ1) is 30.2. The van der Waals surface area contributed by atoms with Crippen molar-refractivity contribution in [2.45, 2.75) is 56.7 Å². The maximum Gasteiger partial charge on any atom is 0.243 e. The molecule has 3 amide bonds. The topological polar surface area (TPSA) is 321 Å². The third kappa shape index (κ3) is 15.1. The van der Waals surface area contributed by atoms with Crippen LogP contribution in [0.2, 0.25) is 0 Å². The predicted molar refractivity (Wildman–Crippen MR) is 131 cm³/mol. The molecule has 0 aliphatic heterocycles. The van der Waals surface area contributed by atoms with Gasteiger partial charge in [0, 0.05) is 19.6 Å². The second kappa shape index (κ2) is 16.8. The van der Waals surface area contributed by atoms with E-state index in [1.54, 1.807) is 0 Å². The summed E-state index contributed by atoms with van der Waals surface area (Å²) in [5.74, 6) is -2.12. The lowest BCUT2D eigenvalue weighted by atomic mass is 10.1. The molecule has 0 aliphatic carbocycles. The van der Waals surface area contributed by atoms with E-state index in [1.165, 1.54) is 0 Å². The highest BCUT2D eigenvalue weighted by Crippen LogP contribution is 2.04. The second-order valence-electron chi connectivity index (χ2n) is 7.48. The lowest BCUT2D eigenvalue weighted by Gasteiger charge is -2.23. The Kier molecular flexibility index (Phi) is 14.9. The van der Waals surface area contributed by atoms with Gasteiger partial charge in [-0.15, -0.1) is 0 Å². The van der Waals surface area contributed by atoms with Gasteiger partial charge in [-0.05, 0) is 38.5 Å². The maximum absolute atomic E-state index is 12.8. The molecular weight excluding hydrogens is 446 g/mol. The summed E-state index contributed by atoms with van der Waals surface area (Å²) < 4.78 is 0. The monoisotopic (exact) mass is 485 g/mol. The van der Waals surface area contributed by atoms with E-state index in [-0.39, 0.29) is 43.8 Å². The van der Waals surface area contributed by atoms with Crippen molar-refractivity contribution in [2.75, 3.05) is 19.6 Å². The van der Waals surface area contributed by atoms with Crippen molar-refractivity contribution in [3.63, 3.8) is 0 Å². The molecule has 0 saturated carbocycles. The van der Waals surface area contributed by atoms with Crippen molar-refractivity contribution in [3.8, 4) is 0 Å². The van der Waals surface area contributed by atoms with Crippen LogP contribution in [0.5, 0.6) is 0 Å². The van der Waals surface area contributed by atoms with Gasteiger partial charge in [0.1, 0.15) is 12.1 Å². The predicted octanol–water partition coefficient (Wildman–Crippen LogP) is -5.07. The van der Waals surface area contributed by atoms with E-state index in [4.69, 9.17) is 45.9 Å². The van der Waals surface area contributed by atoms with Crippen molar-refractivity contribution in [1.82, 2.24) is 10.6 Å². The molecule has 0 rings (SSSR count). The summed E-state index contributed by atoms with van der Waals surface area (Å²) in [6.45, 7) is 0.811. The molecular formula is C18H39N13O3. The van der Waals surface area contributed by atoms with Crippen molar-refractivity contribution in [2.24, 2.45) is 60.8 Å². The van der Waals surface area contributed by atoms with Crippen LogP contribution < -0.4 is 56.5 Å². The summed E-state index contributed by atoms with van der Waals surface area (Å²) in [5.41, 5.74) is 43.0. The number of nitrogens with one attached hydrogen (secondary N) is 2. The summed E-state index contributed by atoms with van der Waals surface area (Å²) in [7, 11) is 0. The zero-order valence-electron chi connectivity index (χ0n) is 19.3.